The third-order valence-corrected chi connectivity index (χ3v) is 3.44. The Bertz CT molecular complexity index is 396. The van der Waals surface area contributed by atoms with Gasteiger partial charge >= 0.3 is 0 Å². The third kappa shape index (κ3) is 5.12. The minimum absolute atomic E-state index is 0.309. The molecular formula is C16H25NO3. The zero-order chi connectivity index (χ0) is 14.4. The van der Waals surface area contributed by atoms with Crippen LogP contribution in [0.2, 0.25) is 0 Å². The Kier molecular flexibility index (Phi) is 5.83. The molecule has 4 nitrogen and oxygen atoms in total. The molecule has 1 aromatic carbocycles. The predicted octanol–water partition coefficient (Wildman–Crippen LogP) is 1.81. The van der Waals surface area contributed by atoms with Gasteiger partial charge in [-0.25, -0.2) is 0 Å². The number of nitrogens with one attached hydrogen (secondary N) is 1. The molecule has 1 heterocycles. The molecule has 112 valence electrons. The number of aliphatic hydroxyl groups is 1. The highest BCUT2D eigenvalue weighted by Crippen LogP contribution is 2.16. The van der Waals surface area contributed by atoms with Crippen molar-refractivity contribution in [2.24, 2.45) is 0 Å². The lowest BCUT2D eigenvalue weighted by Gasteiger charge is -2.24. The van der Waals surface area contributed by atoms with E-state index in [-0.39, 0.29) is 0 Å². The molecule has 1 aromatic rings. The first kappa shape index (κ1) is 15.3. The standard InChI is InChI=1S/C16H25NO3/c1-12-6-13(2)8-16(7-12)20-11-15(18)9-17-14-4-3-5-19-10-14/h6-8,14-15,17-18H,3-5,9-11H2,1-2H3. The van der Waals surface area contributed by atoms with Crippen molar-refractivity contribution in [1.29, 1.82) is 0 Å². The second-order valence-electron chi connectivity index (χ2n) is 5.61. The van der Waals surface area contributed by atoms with Crippen molar-refractivity contribution >= 4 is 0 Å². The Balaban J connectivity index is 1.70. The average Bonchev–Trinajstić information content (AvgIpc) is 2.43. The van der Waals surface area contributed by atoms with Crippen LogP contribution in [0.15, 0.2) is 18.2 Å². The van der Waals surface area contributed by atoms with Crippen LogP contribution in [0.4, 0.5) is 0 Å². The molecule has 2 rings (SSSR count). The molecule has 1 aliphatic heterocycles. The number of aliphatic hydroxyl groups excluding tert-OH is 1. The summed E-state index contributed by atoms with van der Waals surface area (Å²) in [7, 11) is 0. The van der Waals surface area contributed by atoms with E-state index >= 15 is 0 Å². The van der Waals surface area contributed by atoms with Gasteiger partial charge in [0.25, 0.3) is 0 Å². The highest BCUT2D eigenvalue weighted by molar-refractivity contribution is 5.32. The summed E-state index contributed by atoms with van der Waals surface area (Å²) < 4.78 is 11.0. The lowest BCUT2D eigenvalue weighted by atomic mass is 10.1. The van der Waals surface area contributed by atoms with Crippen molar-refractivity contribution in [2.45, 2.75) is 38.8 Å². The van der Waals surface area contributed by atoms with Crippen LogP contribution in [-0.4, -0.2) is 43.6 Å². The molecule has 0 bridgehead atoms. The van der Waals surface area contributed by atoms with E-state index in [4.69, 9.17) is 9.47 Å². The summed E-state index contributed by atoms with van der Waals surface area (Å²) in [5, 5.41) is 13.3. The maximum atomic E-state index is 9.95. The van der Waals surface area contributed by atoms with Gasteiger partial charge in [0.1, 0.15) is 18.5 Å². The van der Waals surface area contributed by atoms with Gasteiger partial charge in [-0.05, 0) is 49.9 Å². The van der Waals surface area contributed by atoms with E-state index in [1.165, 1.54) is 11.1 Å². The second-order valence-corrected chi connectivity index (χ2v) is 5.61. The number of ether oxygens (including phenoxy) is 2. The van der Waals surface area contributed by atoms with Crippen LogP contribution in [0.25, 0.3) is 0 Å². The molecule has 0 saturated carbocycles. The zero-order valence-corrected chi connectivity index (χ0v) is 12.4. The fourth-order valence-electron chi connectivity index (χ4n) is 2.47. The van der Waals surface area contributed by atoms with Crippen LogP contribution >= 0.6 is 0 Å². The molecule has 1 fully saturated rings. The van der Waals surface area contributed by atoms with E-state index in [2.05, 4.69) is 11.4 Å². The molecule has 20 heavy (non-hydrogen) atoms. The third-order valence-electron chi connectivity index (χ3n) is 3.44. The summed E-state index contributed by atoms with van der Waals surface area (Å²) in [6.45, 7) is 6.53. The van der Waals surface area contributed by atoms with Gasteiger partial charge in [0.2, 0.25) is 0 Å². The SMILES string of the molecule is Cc1cc(C)cc(OCC(O)CNC2CCCOC2)c1. The highest BCUT2D eigenvalue weighted by atomic mass is 16.5. The molecule has 0 radical (unpaired) electrons. The zero-order valence-electron chi connectivity index (χ0n) is 12.4. The van der Waals surface area contributed by atoms with E-state index < -0.39 is 6.10 Å². The fraction of sp³-hybridized carbons (Fsp3) is 0.625. The molecule has 0 amide bonds. The van der Waals surface area contributed by atoms with Gasteiger partial charge in [-0.3, -0.25) is 0 Å². The van der Waals surface area contributed by atoms with Crippen molar-refractivity contribution in [3.05, 3.63) is 29.3 Å². The number of hydrogen-bond donors (Lipinski definition) is 2. The summed E-state index contributed by atoms with van der Waals surface area (Å²) >= 11 is 0. The number of benzene rings is 1. The predicted molar refractivity (Wildman–Crippen MR) is 79.3 cm³/mol. The summed E-state index contributed by atoms with van der Waals surface area (Å²) in [4.78, 5) is 0. The maximum Gasteiger partial charge on any atom is 0.119 e. The lowest BCUT2D eigenvalue weighted by molar-refractivity contribution is 0.0572. The second kappa shape index (κ2) is 7.62. The molecule has 0 aliphatic carbocycles. The highest BCUT2D eigenvalue weighted by Gasteiger charge is 2.15. The molecule has 2 N–H and O–H groups in total. The first-order valence-corrected chi connectivity index (χ1v) is 7.34. The van der Waals surface area contributed by atoms with Gasteiger partial charge in [-0.15, -0.1) is 0 Å². The first-order chi connectivity index (χ1) is 9.63. The van der Waals surface area contributed by atoms with Crippen molar-refractivity contribution in [2.75, 3.05) is 26.4 Å². The Labute approximate surface area is 121 Å². The topological polar surface area (TPSA) is 50.7 Å². The van der Waals surface area contributed by atoms with Crippen LogP contribution in [0.1, 0.15) is 24.0 Å². The van der Waals surface area contributed by atoms with Gasteiger partial charge < -0.3 is 19.9 Å². The number of hydrogen-bond acceptors (Lipinski definition) is 4. The van der Waals surface area contributed by atoms with Gasteiger partial charge in [-0.2, -0.15) is 0 Å². The van der Waals surface area contributed by atoms with Gasteiger partial charge in [0, 0.05) is 19.2 Å². The summed E-state index contributed by atoms with van der Waals surface area (Å²) in [5.41, 5.74) is 2.35. The minimum atomic E-state index is -0.502. The first-order valence-electron chi connectivity index (χ1n) is 7.34. The van der Waals surface area contributed by atoms with E-state index in [1.807, 2.05) is 26.0 Å². The molecule has 2 unspecified atom stereocenters. The Morgan fingerprint density at radius 3 is 2.75 bits per heavy atom. The molecule has 0 spiro atoms. The summed E-state index contributed by atoms with van der Waals surface area (Å²) in [6, 6.07) is 6.44. The minimum Gasteiger partial charge on any atom is -0.491 e. The Hall–Kier alpha value is -1.10. The molecule has 4 heteroatoms. The van der Waals surface area contributed by atoms with Crippen molar-refractivity contribution in [3.63, 3.8) is 0 Å². The molecule has 1 aliphatic rings. The molecule has 2 atom stereocenters. The van der Waals surface area contributed by atoms with E-state index in [1.54, 1.807) is 0 Å². The van der Waals surface area contributed by atoms with Gasteiger partial charge in [0.15, 0.2) is 0 Å². The quantitative estimate of drug-likeness (QED) is 0.834. The molecular weight excluding hydrogens is 254 g/mol. The van der Waals surface area contributed by atoms with Crippen LogP contribution in [0, 0.1) is 13.8 Å². The van der Waals surface area contributed by atoms with Crippen LogP contribution < -0.4 is 10.1 Å². The van der Waals surface area contributed by atoms with Gasteiger partial charge in [0.05, 0.1) is 6.61 Å². The monoisotopic (exact) mass is 279 g/mol. The van der Waals surface area contributed by atoms with Crippen molar-refractivity contribution in [1.82, 2.24) is 5.32 Å². The Morgan fingerprint density at radius 1 is 1.35 bits per heavy atom. The van der Waals surface area contributed by atoms with Gasteiger partial charge in [-0.1, -0.05) is 6.07 Å². The number of rotatable bonds is 6. The Morgan fingerprint density at radius 2 is 2.10 bits per heavy atom. The van der Waals surface area contributed by atoms with E-state index in [0.717, 1.165) is 31.8 Å². The molecule has 1 saturated heterocycles. The van der Waals surface area contributed by atoms with E-state index in [0.29, 0.717) is 19.2 Å². The van der Waals surface area contributed by atoms with E-state index in [9.17, 15) is 5.11 Å². The normalized spacial score (nSPS) is 20.6. The largest absolute Gasteiger partial charge is 0.491 e. The lowest BCUT2D eigenvalue weighted by Crippen LogP contribution is -2.42. The van der Waals surface area contributed by atoms with Crippen LogP contribution in [0.5, 0.6) is 5.75 Å². The molecule has 0 aromatic heterocycles. The average molecular weight is 279 g/mol. The maximum absolute atomic E-state index is 9.95. The van der Waals surface area contributed by atoms with Crippen LogP contribution in [0.3, 0.4) is 0 Å². The van der Waals surface area contributed by atoms with Crippen molar-refractivity contribution < 1.29 is 14.6 Å². The van der Waals surface area contributed by atoms with Crippen LogP contribution in [-0.2, 0) is 4.74 Å². The summed E-state index contributed by atoms with van der Waals surface area (Å²) in [5.74, 6) is 0.822. The fourth-order valence-corrected chi connectivity index (χ4v) is 2.47. The smallest absolute Gasteiger partial charge is 0.119 e. The van der Waals surface area contributed by atoms with Crippen molar-refractivity contribution in [3.8, 4) is 5.75 Å². The summed E-state index contributed by atoms with van der Waals surface area (Å²) in [6.07, 6.45) is 1.70. The number of aryl methyl sites for hydroxylation is 2.